The minimum atomic E-state index is 0.890. The normalized spacial score (nSPS) is 10.7. The highest BCUT2D eigenvalue weighted by molar-refractivity contribution is 5.73. The van der Waals surface area contributed by atoms with Crippen molar-refractivity contribution in [1.82, 2.24) is 0 Å². The van der Waals surface area contributed by atoms with Crippen LogP contribution in [0.3, 0.4) is 0 Å². The van der Waals surface area contributed by atoms with Gasteiger partial charge in [0.15, 0.2) is 0 Å². The standard InChI is InChI=1S/C26H18/c1-3-21-7-5-9-25(19-21)17-15-23-11-13-24(14-12-23)16-18-26-10-6-8-22(4-2)20-26/h1-2,5-20H/b17-15+,18-16+. The van der Waals surface area contributed by atoms with Gasteiger partial charge in [0.25, 0.3) is 0 Å². The molecular formula is C26H18. The van der Waals surface area contributed by atoms with E-state index in [0.29, 0.717) is 0 Å². The van der Waals surface area contributed by atoms with E-state index in [-0.39, 0.29) is 0 Å². The van der Waals surface area contributed by atoms with E-state index in [1.165, 1.54) is 0 Å². The highest BCUT2D eigenvalue weighted by atomic mass is 14.0. The van der Waals surface area contributed by atoms with Crippen molar-refractivity contribution in [3.8, 4) is 24.7 Å². The van der Waals surface area contributed by atoms with Crippen LogP contribution in [0.2, 0.25) is 0 Å². The predicted molar refractivity (Wildman–Crippen MR) is 113 cm³/mol. The van der Waals surface area contributed by atoms with Crippen molar-refractivity contribution in [2.75, 3.05) is 0 Å². The van der Waals surface area contributed by atoms with E-state index in [0.717, 1.165) is 33.4 Å². The summed E-state index contributed by atoms with van der Waals surface area (Å²) in [6.45, 7) is 0. The average Bonchev–Trinajstić information content (AvgIpc) is 2.72. The summed E-state index contributed by atoms with van der Waals surface area (Å²) in [6, 6.07) is 24.3. The second-order valence-corrected chi connectivity index (χ2v) is 5.87. The third-order valence-corrected chi connectivity index (χ3v) is 3.98. The predicted octanol–water partition coefficient (Wildman–Crippen LogP) is 5.99. The monoisotopic (exact) mass is 330 g/mol. The molecule has 3 aromatic carbocycles. The summed E-state index contributed by atoms with van der Waals surface area (Å²) in [6.07, 6.45) is 19.2. The minimum Gasteiger partial charge on any atom is -0.115 e. The molecule has 0 unspecified atom stereocenters. The number of terminal acetylenes is 2. The summed E-state index contributed by atoms with van der Waals surface area (Å²) >= 11 is 0. The van der Waals surface area contributed by atoms with Gasteiger partial charge in [-0.25, -0.2) is 0 Å². The number of hydrogen-bond acceptors (Lipinski definition) is 0. The van der Waals surface area contributed by atoms with Crippen LogP contribution in [0.1, 0.15) is 33.4 Å². The average molecular weight is 330 g/mol. The van der Waals surface area contributed by atoms with E-state index in [9.17, 15) is 0 Å². The summed E-state index contributed by atoms with van der Waals surface area (Å²) in [5, 5.41) is 0. The Kier molecular flexibility index (Phi) is 5.51. The van der Waals surface area contributed by atoms with Crippen LogP contribution in [0.4, 0.5) is 0 Å². The zero-order valence-corrected chi connectivity index (χ0v) is 14.4. The molecule has 0 saturated carbocycles. The molecule has 0 aliphatic carbocycles. The van der Waals surface area contributed by atoms with E-state index in [1.807, 2.05) is 48.5 Å². The Morgan fingerprint density at radius 1 is 0.500 bits per heavy atom. The molecule has 0 atom stereocenters. The number of rotatable bonds is 4. The van der Waals surface area contributed by atoms with E-state index in [1.54, 1.807) is 0 Å². The highest BCUT2D eigenvalue weighted by Crippen LogP contribution is 2.14. The van der Waals surface area contributed by atoms with Crippen molar-refractivity contribution >= 4 is 24.3 Å². The maximum atomic E-state index is 5.44. The van der Waals surface area contributed by atoms with Gasteiger partial charge in [0.1, 0.15) is 0 Å². The summed E-state index contributed by atoms with van der Waals surface area (Å²) in [5.41, 5.74) is 6.25. The second kappa shape index (κ2) is 8.39. The quantitative estimate of drug-likeness (QED) is 0.407. The Bertz CT molecular complexity index is 946. The van der Waals surface area contributed by atoms with Crippen molar-refractivity contribution in [2.45, 2.75) is 0 Å². The first-order chi connectivity index (χ1) is 12.8. The molecule has 0 heterocycles. The lowest BCUT2D eigenvalue weighted by Crippen LogP contribution is -1.78. The lowest BCUT2D eigenvalue weighted by molar-refractivity contribution is 1.60. The summed E-state index contributed by atoms with van der Waals surface area (Å²) in [4.78, 5) is 0. The van der Waals surface area contributed by atoms with Gasteiger partial charge in [-0.05, 0) is 46.5 Å². The Morgan fingerprint density at radius 3 is 1.27 bits per heavy atom. The third-order valence-electron chi connectivity index (χ3n) is 3.98. The van der Waals surface area contributed by atoms with E-state index in [2.05, 4.69) is 60.4 Å². The summed E-state index contributed by atoms with van der Waals surface area (Å²) in [5.74, 6) is 5.31. The first-order valence-corrected chi connectivity index (χ1v) is 8.36. The van der Waals surface area contributed by atoms with Crippen LogP contribution in [-0.4, -0.2) is 0 Å². The van der Waals surface area contributed by atoms with Gasteiger partial charge < -0.3 is 0 Å². The molecule has 0 N–H and O–H groups in total. The number of benzene rings is 3. The maximum absolute atomic E-state index is 5.44. The van der Waals surface area contributed by atoms with Gasteiger partial charge in [0.05, 0.1) is 0 Å². The lowest BCUT2D eigenvalue weighted by atomic mass is 10.1. The van der Waals surface area contributed by atoms with E-state index >= 15 is 0 Å². The van der Waals surface area contributed by atoms with Gasteiger partial charge in [0.2, 0.25) is 0 Å². The minimum absolute atomic E-state index is 0.890. The van der Waals surface area contributed by atoms with Crippen LogP contribution in [-0.2, 0) is 0 Å². The first-order valence-electron chi connectivity index (χ1n) is 8.36. The van der Waals surface area contributed by atoms with Crippen LogP contribution in [0, 0.1) is 24.7 Å². The number of hydrogen-bond donors (Lipinski definition) is 0. The fraction of sp³-hybridized carbons (Fsp3) is 0. The Hall–Kier alpha value is -3.74. The van der Waals surface area contributed by atoms with Crippen LogP contribution in [0.15, 0.2) is 72.8 Å². The van der Waals surface area contributed by atoms with Gasteiger partial charge in [-0.15, -0.1) is 12.8 Å². The molecule has 0 radical (unpaired) electrons. The Balaban J connectivity index is 1.70. The van der Waals surface area contributed by atoms with Gasteiger partial charge >= 0.3 is 0 Å². The zero-order chi connectivity index (χ0) is 18.2. The molecule has 26 heavy (non-hydrogen) atoms. The molecule has 3 aromatic rings. The lowest BCUT2D eigenvalue weighted by Gasteiger charge is -1.98. The molecule has 0 aliphatic heterocycles. The van der Waals surface area contributed by atoms with E-state index in [4.69, 9.17) is 12.8 Å². The van der Waals surface area contributed by atoms with Crippen molar-refractivity contribution in [2.24, 2.45) is 0 Å². The molecule has 0 heteroatoms. The van der Waals surface area contributed by atoms with Crippen molar-refractivity contribution in [3.05, 3.63) is 106 Å². The largest absolute Gasteiger partial charge is 0.115 e. The van der Waals surface area contributed by atoms with Crippen LogP contribution >= 0.6 is 0 Å². The molecule has 0 amide bonds. The Labute approximate surface area is 155 Å². The highest BCUT2D eigenvalue weighted by Gasteiger charge is 1.93. The molecule has 0 spiro atoms. The van der Waals surface area contributed by atoms with Gasteiger partial charge in [-0.2, -0.15) is 0 Å². The fourth-order valence-electron chi connectivity index (χ4n) is 2.57. The third kappa shape index (κ3) is 4.64. The zero-order valence-electron chi connectivity index (χ0n) is 14.4. The molecule has 0 saturated heterocycles. The summed E-state index contributed by atoms with van der Waals surface area (Å²) < 4.78 is 0. The SMILES string of the molecule is C#Cc1cccc(/C=C/c2ccc(/C=C/c3cccc(C#C)c3)cc2)c1. The molecule has 0 aliphatic rings. The molecule has 0 fully saturated rings. The molecule has 3 rings (SSSR count). The Morgan fingerprint density at radius 2 is 0.885 bits per heavy atom. The molecule has 122 valence electrons. The van der Waals surface area contributed by atoms with Crippen LogP contribution in [0.5, 0.6) is 0 Å². The summed E-state index contributed by atoms with van der Waals surface area (Å²) in [7, 11) is 0. The fourth-order valence-corrected chi connectivity index (χ4v) is 2.57. The van der Waals surface area contributed by atoms with Crippen molar-refractivity contribution in [3.63, 3.8) is 0 Å². The molecular weight excluding hydrogens is 312 g/mol. The van der Waals surface area contributed by atoms with Crippen molar-refractivity contribution < 1.29 is 0 Å². The van der Waals surface area contributed by atoms with Crippen LogP contribution in [0.25, 0.3) is 24.3 Å². The smallest absolute Gasteiger partial charge is 0.0248 e. The molecule has 0 aromatic heterocycles. The first kappa shape index (κ1) is 17.1. The van der Waals surface area contributed by atoms with Crippen molar-refractivity contribution in [1.29, 1.82) is 0 Å². The van der Waals surface area contributed by atoms with Gasteiger partial charge in [-0.1, -0.05) is 84.7 Å². The van der Waals surface area contributed by atoms with E-state index < -0.39 is 0 Å². The van der Waals surface area contributed by atoms with Crippen LogP contribution < -0.4 is 0 Å². The molecule has 0 nitrogen and oxygen atoms in total. The molecule has 0 bridgehead atoms. The maximum Gasteiger partial charge on any atom is 0.0248 e. The van der Waals surface area contributed by atoms with Gasteiger partial charge in [-0.3, -0.25) is 0 Å². The topological polar surface area (TPSA) is 0 Å². The van der Waals surface area contributed by atoms with Gasteiger partial charge in [0, 0.05) is 11.1 Å². The second-order valence-electron chi connectivity index (χ2n) is 5.87.